The summed E-state index contributed by atoms with van der Waals surface area (Å²) >= 11 is 0. The first kappa shape index (κ1) is 31.2. The van der Waals surface area contributed by atoms with Gasteiger partial charge in [-0.25, -0.2) is 0 Å². The third kappa shape index (κ3) is 15.9. The van der Waals surface area contributed by atoms with Gasteiger partial charge in [0.25, 0.3) is 11.4 Å². The van der Waals surface area contributed by atoms with Crippen LogP contribution in [0.5, 0.6) is 0 Å². The van der Waals surface area contributed by atoms with Gasteiger partial charge in [-0.15, -0.1) is 0 Å². The Hall–Kier alpha value is -2.88. The van der Waals surface area contributed by atoms with Crippen molar-refractivity contribution in [2.45, 2.75) is 0 Å². The molecule has 0 fully saturated rings. The second-order valence-corrected chi connectivity index (χ2v) is 6.85. The van der Waals surface area contributed by atoms with Crippen molar-refractivity contribution in [2.24, 2.45) is 0 Å². The van der Waals surface area contributed by atoms with E-state index in [1.54, 1.807) is 0 Å². The van der Waals surface area contributed by atoms with Crippen molar-refractivity contribution in [2.75, 3.05) is 97.8 Å². The predicted octanol–water partition coefficient (Wildman–Crippen LogP) is 2.17. The van der Waals surface area contributed by atoms with Crippen LogP contribution >= 0.6 is 0 Å². The number of ether oxygens (including phenoxy) is 7. The number of anilines is 1. The lowest BCUT2D eigenvalue weighted by atomic mass is 10.2. The first-order chi connectivity index (χ1) is 17.6. The van der Waals surface area contributed by atoms with Gasteiger partial charge >= 0.3 is 0 Å². The highest BCUT2D eigenvalue weighted by molar-refractivity contribution is 5.65. The molecule has 0 aliphatic rings. The molecule has 0 radical (unpaired) electrons. The molecule has 14 nitrogen and oxygen atoms in total. The summed E-state index contributed by atoms with van der Waals surface area (Å²) in [5.74, 6) is 0. The highest BCUT2D eigenvalue weighted by atomic mass is 16.6. The van der Waals surface area contributed by atoms with E-state index in [1.165, 1.54) is 18.4 Å². The van der Waals surface area contributed by atoms with Crippen molar-refractivity contribution in [3.8, 4) is 0 Å². The molecule has 204 valence electrons. The predicted molar refractivity (Wildman–Crippen MR) is 129 cm³/mol. The van der Waals surface area contributed by atoms with Gasteiger partial charge in [0.2, 0.25) is 0 Å². The number of hydrogen-bond donors (Lipinski definition) is 1. The van der Waals surface area contributed by atoms with E-state index in [9.17, 15) is 20.2 Å². The Morgan fingerprint density at radius 3 is 1.56 bits per heavy atom. The number of nitro groups is 2. The summed E-state index contributed by atoms with van der Waals surface area (Å²) in [6.45, 7) is 9.42. The van der Waals surface area contributed by atoms with Gasteiger partial charge in [-0.05, 0) is 6.07 Å². The average molecular weight is 518 g/mol. The van der Waals surface area contributed by atoms with Gasteiger partial charge in [0, 0.05) is 12.6 Å². The molecule has 0 heterocycles. The smallest absolute Gasteiger partial charge is 0.299 e. The Morgan fingerprint density at radius 1 is 0.694 bits per heavy atom. The lowest BCUT2D eigenvalue weighted by Gasteiger charge is -2.09. The van der Waals surface area contributed by atoms with Gasteiger partial charge < -0.3 is 38.5 Å². The summed E-state index contributed by atoms with van der Waals surface area (Å²) in [5.41, 5.74) is -0.514. The molecule has 1 N–H and O–H groups in total. The third-order valence-corrected chi connectivity index (χ3v) is 4.27. The van der Waals surface area contributed by atoms with Crippen LogP contribution in [-0.2, 0) is 33.2 Å². The van der Waals surface area contributed by atoms with E-state index in [4.69, 9.17) is 33.2 Å². The number of hydrogen-bond acceptors (Lipinski definition) is 12. The van der Waals surface area contributed by atoms with Crippen molar-refractivity contribution in [1.82, 2.24) is 0 Å². The Bertz CT molecular complexity index is 752. The first-order valence-corrected chi connectivity index (χ1v) is 11.4. The average Bonchev–Trinajstić information content (AvgIpc) is 2.87. The molecule has 0 atom stereocenters. The lowest BCUT2D eigenvalue weighted by molar-refractivity contribution is -0.393. The molecule has 0 aliphatic carbocycles. The fourth-order valence-corrected chi connectivity index (χ4v) is 2.58. The third-order valence-electron chi connectivity index (χ3n) is 4.27. The van der Waals surface area contributed by atoms with E-state index in [0.29, 0.717) is 85.8 Å². The minimum absolute atomic E-state index is 0.190. The summed E-state index contributed by atoms with van der Waals surface area (Å²) in [6.07, 6.45) is 1.38. The Labute approximate surface area is 209 Å². The van der Waals surface area contributed by atoms with E-state index >= 15 is 0 Å². The van der Waals surface area contributed by atoms with Crippen LogP contribution in [0.3, 0.4) is 0 Å². The molecular formula is C22H35N3O11. The van der Waals surface area contributed by atoms with E-state index < -0.39 is 9.85 Å². The molecule has 0 spiro atoms. The van der Waals surface area contributed by atoms with Gasteiger partial charge in [-0.2, -0.15) is 0 Å². The zero-order chi connectivity index (χ0) is 26.3. The fraction of sp³-hybridized carbons (Fsp3) is 0.636. The molecule has 1 aromatic rings. The SMILES string of the molecule is C=COCCOCCOCCOCCOCCOCCOCCNc1ccc([N+](=O)[O-])cc1[N+](=O)[O-]. The highest BCUT2D eigenvalue weighted by Crippen LogP contribution is 2.28. The monoisotopic (exact) mass is 517 g/mol. The number of nitrogens with one attached hydrogen (secondary N) is 1. The van der Waals surface area contributed by atoms with Crippen molar-refractivity contribution in [1.29, 1.82) is 0 Å². The van der Waals surface area contributed by atoms with E-state index in [2.05, 4.69) is 11.9 Å². The van der Waals surface area contributed by atoms with Crippen LogP contribution in [0.2, 0.25) is 0 Å². The van der Waals surface area contributed by atoms with Crippen LogP contribution in [0, 0.1) is 20.2 Å². The van der Waals surface area contributed by atoms with Gasteiger partial charge in [-0.1, -0.05) is 6.58 Å². The molecule has 36 heavy (non-hydrogen) atoms. The highest BCUT2D eigenvalue weighted by Gasteiger charge is 2.18. The first-order valence-electron chi connectivity index (χ1n) is 11.4. The molecule has 0 bridgehead atoms. The van der Waals surface area contributed by atoms with Crippen LogP contribution in [0.15, 0.2) is 31.0 Å². The van der Waals surface area contributed by atoms with Gasteiger partial charge in [0.1, 0.15) is 12.3 Å². The second kappa shape index (κ2) is 21.4. The Morgan fingerprint density at radius 2 is 1.14 bits per heavy atom. The molecular weight excluding hydrogens is 482 g/mol. The zero-order valence-electron chi connectivity index (χ0n) is 20.3. The second-order valence-electron chi connectivity index (χ2n) is 6.85. The molecule has 0 aromatic heterocycles. The van der Waals surface area contributed by atoms with Gasteiger partial charge in [0.15, 0.2) is 0 Å². The number of non-ortho nitro benzene ring substituents is 1. The molecule has 0 aliphatic heterocycles. The van der Waals surface area contributed by atoms with Crippen LogP contribution in [0.4, 0.5) is 17.1 Å². The Kier molecular flexibility index (Phi) is 18.5. The van der Waals surface area contributed by atoms with Crippen LogP contribution < -0.4 is 5.32 Å². The number of nitrogens with zero attached hydrogens (tertiary/aromatic N) is 2. The van der Waals surface area contributed by atoms with Crippen LogP contribution in [0.25, 0.3) is 0 Å². The Balaban J connectivity index is 1.86. The maximum atomic E-state index is 11.1. The summed E-state index contributed by atoms with van der Waals surface area (Å²) in [7, 11) is 0. The lowest BCUT2D eigenvalue weighted by Crippen LogP contribution is -2.15. The maximum absolute atomic E-state index is 11.1. The maximum Gasteiger partial charge on any atom is 0.299 e. The molecule has 0 unspecified atom stereocenters. The molecule has 0 amide bonds. The topological polar surface area (TPSA) is 163 Å². The molecule has 14 heteroatoms. The fourth-order valence-electron chi connectivity index (χ4n) is 2.58. The van der Waals surface area contributed by atoms with Crippen molar-refractivity contribution in [3.63, 3.8) is 0 Å². The largest absolute Gasteiger partial charge is 0.499 e. The minimum Gasteiger partial charge on any atom is -0.499 e. The van der Waals surface area contributed by atoms with Crippen LogP contribution in [0.1, 0.15) is 0 Å². The van der Waals surface area contributed by atoms with E-state index in [-0.39, 0.29) is 23.7 Å². The standard InChI is InChI=1S/C22H35N3O11/c1-2-30-7-8-32-11-12-34-15-16-36-18-17-35-14-13-33-10-9-31-6-5-23-21-4-3-20(24(26)27)19-22(21)25(28)29/h2-4,19,23H,1,5-18H2. The van der Waals surface area contributed by atoms with Crippen LogP contribution in [-0.4, -0.2) is 102 Å². The molecule has 0 saturated carbocycles. The summed E-state index contributed by atoms with van der Waals surface area (Å²) in [4.78, 5) is 20.5. The van der Waals surface area contributed by atoms with Crippen molar-refractivity contribution in [3.05, 3.63) is 51.3 Å². The number of benzene rings is 1. The zero-order valence-corrected chi connectivity index (χ0v) is 20.3. The quantitative estimate of drug-likeness (QED) is 0.0871. The summed E-state index contributed by atoms with van der Waals surface area (Å²) in [5, 5.41) is 24.7. The summed E-state index contributed by atoms with van der Waals surface area (Å²) in [6, 6.07) is 3.43. The molecule has 1 aromatic carbocycles. The molecule has 0 saturated heterocycles. The number of nitro benzene ring substituents is 2. The minimum atomic E-state index is -0.681. The number of rotatable bonds is 25. The van der Waals surface area contributed by atoms with Crippen molar-refractivity contribution < 1.29 is 43.0 Å². The van der Waals surface area contributed by atoms with Gasteiger partial charge in [-0.3, -0.25) is 20.2 Å². The van der Waals surface area contributed by atoms with E-state index in [1.807, 2.05) is 0 Å². The normalized spacial score (nSPS) is 10.8. The summed E-state index contributed by atoms with van der Waals surface area (Å²) < 4.78 is 37.1. The van der Waals surface area contributed by atoms with E-state index in [0.717, 1.165) is 6.07 Å². The van der Waals surface area contributed by atoms with Crippen molar-refractivity contribution >= 4 is 17.1 Å². The van der Waals surface area contributed by atoms with Gasteiger partial charge in [0.05, 0.1) is 101 Å². The molecule has 1 rings (SSSR count).